The van der Waals surface area contributed by atoms with E-state index in [-0.39, 0.29) is 11.8 Å². The molecule has 0 saturated carbocycles. The third-order valence-electron chi connectivity index (χ3n) is 3.83. The lowest BCUT2D eigenvalue weighted by atomic mass is 10.3. The summed E-state index contributed by atoms with van der Waals surface area (Å²) in [7, 11) is 1.74. The molecule has 0 unspecified atom stereocenters. The van der Waals surface area contributed by atoms with E-state index >= 15 is 0 Å². The molecule has 3 rings (SSSR count). The number of amides is 2. The van der Waals surface area contributed by atoms with Gasteiger partial charge >= 0.3 is 0 Å². The molecule has 0 aliphatic heterocycles. The monoisotopic (exact) mass is 431 g/mol. The number of thiazole rings is 1. The Morgan fingerprint density at radius 2 is 1.93 bits per heavy atom. The molecule has 5 nitrogen and oxygen atoms in total. The van der Waals surface area contributed by atoms with E-state index in [9.17, 15) is 9.59 Å². The van der Waals surface area contributed by atoms with Gasteiger partial charge in [-0.1, -0.05) is 29.8 Å². The minimum absolute atomic E-state index is 0.124. The highest BCUT2D eigenvalue weighted by Gasteiger charge is 2.17. The number of likely N-dealkylation sites (N-methyl/N-ethyl adjacent to an activating group) is 1. The fraction of sp³-hybridized carbons (Fsp3) is 0.150. The SMILES string of the molecule is CC(=O)N(c1ccccc1)c1nc(/C=C/C(=O)N(C)Cc2ccc(Cl)s2)cs1. The Kier molecular flexibility index (Phi) is 6.61. The Balaban J connectivity index is 1.69. The molecular formula is C20H18ClN3O2S2. The van der Waals surface area contributed by atoms with Gasteiger partial charge in [0, 0.05) is 30.3 Å². The molecule has 2 heterocycles. The number of carbonyl (C=O) groups is 2. The van der Waals surface area contributed by atoms with Crippen molar-refractivity contribution in [2.24, 2.45) is 0 Å². The number of thiophene rings is 1. The van der Waals surface area contributed by atoms with Gasteiger partial charge in [0.05, 0.1) is 22.3 Å². The fourth-order valence-electron chi connectivity index (χ4n) is 2.49. The maximum atomic E-state index is 12.3. The minimum atomic E-state index is -0.134. The highest BCUT2D eigenvalue weighted by Crippen LogP contribution is 2.29. The highest BCUT2D eigenvalue weighted by atomic mass is 35.5. The van der Waals surface area contributed by atoms with Crippen molar-refractivity contribution >= 4 is 63.0 Å². The van der Waals surface area contributed by atoms with Crippen molar-refractivity contribution in [1.29, 1.82) is 0 Å². The zero-order chi connectivity index (χ0) is 20.1. The van der Waals surface area contributed by atoms with E-state index in [1.54, 1.807) is 22.9 Å². The van der Waals surface area contributed by atoms with Gasteiger partial charge in [-0.2, -0.15) is 0 Å². The molecule has 0 N–H and O–H groups in total. The molecule has 2 aromatic heterocycles. The Morgan fingerprint density at radius 3 is 2.57 bits per heavy atom. The Bertz CT molecular complexity index is 998. The summed E-state index contributed by atoms with van der Waals surface area (Å²) in [6.07, 6.45) is 3.14. The maximum Gasteiger partial charge on any atom is 0.246 e. The van der Waals surface area contributed by atoms with E-state index in [0.717, 1.165) is 10.6 Å². The molecule has 144 valence electrons. The van der Waals surface area contributed by atoms with Gasteiger partial charge in [0.1, 0.15) is 0 Å². The number of anilines is 2. The number of halogens is 1. The molecule has 0 atom stereocenters. The number of para-hydroxylation sites is 1. The Morgan fingerprint density at radius 1 is 1.18 bits per heavy atom. The van der Waals surface area contributed by atoms with Crippen molar-refractivity contribution in [3.05, 3.63) is 68.8 Å². The maximum absolute atomic E-state index is 12.3. The van der Waals surface area contributed by atoms with Crippen LogP contribution >= 0.6 is 34.3 Å². The van der Waals surface area contributed by atoms with Gasteiger partial charge in [0.15, 0.2) is 5.13 Å². The van der Waals surface area contributed by atoms with Gasteiger partial charge in [-0.15, -0.1) is 22.7 Å². The minimum Gasteiger partial charge on any atom is -0.337 e. The van der Waals surface area contributed by atoms with Crippen LogP contribution in [0.5, 0.6) is 0 Å². The summed E-state index contributed by atoms with van der Waals surface area (Å²) in [6.45, 7) is 1.99. The third kappa shape index (κ3) is 5.07. The van der Waals surface area contributed by atoms with Crippen LogP contribution in [-0.4, -0.2) is 28.7 Å². The Hall–Kier alpha value is -2.48. The molecular weight excluding hydrogens is 414 g/mol. The molecule has 0 spiro atoms. The number of benzene rings is 1. The topological polar surface area (TPSA) is 53.5 Å². The Labute approximate surface area is 176 Å². The predicted molar refractivity (Wildman–Crippen MR) is 116 cm³/mol. The van der Waals surface area contributed by atoms with Crippen molar-refractivity contribution in [1.82, 2.24) is 9.88 Å². The van der Waals surface area contributed by atoms with Crippen LogP contribution in [0.15, 0.2) is 53.9 Å². The molecule has 0 saturated heterocycles. The van der Waals surface area contributed by atoms with Gasteiger partial charge in [0.2, 0.25) is 11.8 Å². The molecule has 28 heavy (non-hydrogen) atoms. The number of nitrogens with zero attached hydrogens (tertiary/aromatic N) is 3. The first-order chi connectivity index (χ1) is 13.4. The van der Waals surface area contributed by atoms with E-state index in [4.69, 9.17) is 11.6 Å². The number of aromatic nitrogens is 1. The van der Waals surface area contributed by atoms with Crippen LogP contribution in [0.3, 0.4) is 0 Å². The first-order valence-electron chi connectivity index (χ1n) is 8.42. The smallest absolute Gasteiger partial charge is 0.246 e. The van der Waals surface area contributed by atoms with Crippen LogP contribution in [0.2, 0.25) is 4.34 Å². The van der Waals surface area contributed by atoms with E-state index in [1.807, 2.05) is 47.8 Å². The molecule has 0 aliphatic carbocycles. The van der Waals surface area contributed by atoms with Crippen molar-refractivity contribution in [3.63, 3.8) is 0 Å². The average molecular weight is 432 g/mol. The van der Waals surface area contributed by atoms with Crippen LogP contribution in [0.1, 0.15) is 17.5 Å². The lowest BCUT2D eigenvalue weighted by molar-refractivity contribution is -0.125. The van der Waals surface area contributed by atoms with Crippen molar-refractivity contribution in [2.45, 2.75) is 13.5 Å². The molecule has 0 aliphatic rings. The number of rotatable bonds is 6. The van der Waals surface area contributed by atoms with Crippen molar-refractivity contribution in [2.75, 3.05) is 11.9 Å². The van der Waals surface area contributed by atoms with Gasteiger partial charge < -0.3 is 4.90 Å². The van der Waals surface area contributed by atoms with Crippen molar-refractivity contribution in [3.8, 4) is 0 Å². The molecule has 8 heteroatoms. The van der Waals surface area contributed by atoms with Gasteiger partial charge in [-0.05, 0) is 30.3 Å². The van der Waals surface area contributed by atoms with Gasteiger partial charge in [-0.3, -0.25) is 14.5 Å². The normalized spacial score (nSPS) is 11.0. The zero-order valence-corrected chi connectivity index (χ0v) is 17.7. The quantitative estimate of drug-likeness (QED) is 0.503. The number of hydrogen-bond acceptors (Lipinski definition) is 5. The van der Waals surface area contributed by atoms with Gasteiger partial charge in [0.25, 0.3) is 0 Å². The molecule has 3 aromatic rings. The summed E-state index contributed by atoms with van der Waals surface area (Å²) < 4.78 is 0.704. The molecule has 0 bridgehead atoms. The summed E-state index contributed by atoms with van der Waals surface area (Å²) in [5, 5.41) is 2.38. The van der Waals surface area contributed by atoms with Crippen LogP contribution < -0.4 is 4.90 Å². The second-order valence-corrected chi connectivity index (χ2v) is 8.61. The first-order valence-corrected chi connectivity index (χ1v) is 10.5. The second-order valence-electron chi connectivity index (χ2n) is 5.98. The summed E-state index contributed by atoms with van der Waals surface area (Å²) >= 11 is 8.73. The molecule has 1 aromatic carbocycles. The lowest BCUT2D eigenvalue weighted by Gasteiger charge is -2.17. The molecule has 2 amide bonds. The largest absolute Gasteiger partial charge is 0.337 e. The van der Waals surface area contributed by atoms with Gasteiger partial charge in [-0.25, -0.2) is 4.98 Å². The van der Waals surface area contributed by atoms with Crippen LogP contribution in [0.4, 0.5) is 10.8 Å². The highest BCUT2D eigenvalue weighted by molar-refractivity contribution is 7.16. The zero-order valence-electron chi connectivity index (χ0n) is 15.3. The summed E-state index contributed by atoms with van der Waals surface area (Å²) in [6, 6.07) is 13.1. The average Bonchev–Trinajstić information content (AvgIpc) is 3.29. The molecule has 0 fully saturated rings. The van der Waals surface area contributed by atoms with Crippen molar-refractivity contribution < 1.29 is 9.59 Å². The summed E-state index contributed by atoms with van der Waals surface area (Å²) in [5.74, 6) is -0.257. The van der Waals surface area contributed by atoms with E-state index in [1.165, 1.54) is 35.7 Å². The fourth-order valence-corrected chi connectivity index (χ4v) is 4.49. The molecule has 0 radical (unpaired) electrons. The lowest BCUT2D eigenvalue weighted by Crippen LogP contribution is -2.23. The van der Waals surface area contributed by atoms with E-state index in [2.05, 4.69) is 4.98 Å². The second kappa shape index (κ2) is 9.14. The van der Waals surface area contributed by atoms with Crippen LogP contribution in [-0.2, 0) is 16.1 Å². The number of carbonyl (C=O) groups excluding carboxylic acids is 2. The third-order valence-corrected chi connectivity index (χ3v) is 5.89. The summed E-state index contributed by atoms with van der Waals surface area (Å²) in [5.41, 5.74) is 1.38. The van der Waals surface area contributed by atoms with E-state index < -0.39 is 0 Å². The first kappa shape index (κ1) is 20.3. The van der Waals surface area contributed by atoms with Crippen LogP contribution in [0.25, 0.3) is 6.08 Å². The van der Waals surface area contributed by atoms with Crippen LogP contribution in [0, 0.1) is 0 Å². The standard InChI is InChI=1S/C20H18ClN3O2S2/c1-14(25)24(16-6-4-3-5-7-16)20-22-15(13-27-20)8-11-19(26)23(2)12-17-9-10-18(21)28-17/h3-11,13H,12H2,1-2H3/b11-8+. The number of hydrogen-bond donors (Lipinski definition) is 0. The summed E-state index contributed by atoms with van der Waals surface area (Å²) in [4.78, 5) is 33.1. The van der Waals surface area contributed by atoms with E-state index in [0.29, 0.717) is 21.7 Å². The predicted octanol–water partition coefficient (Wildman–Crippen LogP) is 5.21.